The highest BCUT2D eigenvalue weighted by Gasteiger charge is 2.19. The van der Waals surface area contributed by atoms with E-state index in [4.69, 9.17) is 4.74 Å². The Morgan fingerprint density at radius 2 is 1.77 bits per heavy atom. The van der Waals surface area contributed by atoms with Crippen LogP contribution in [0.4, 0.5) is 5.69 Å². The topological polar surface area (TPSA) is 44.8 Å². The van der Waals surface area contributed by atoms with Crippen molar-refractivity contribution in [1.29, 1.82) is 0 Å². The molecule has 1 aliphatic heterocycles. The van der Waals surface area contributed by atoms with Gasteiger partial charge in [-0.05, 0) is 24.6 Å². The maximum Gasteiger partial charge on any atom is 0.238 e. The van der Waals surface area contributed by atoms with Crippen molar-refractivity contribution < 1.29 is 9.53 Å². The molecule has 2 aromatic carbocycles. The number of hydrogen-bond acceptors (Lipinski definition) is 4. The van der Waals surface area contributed by atoms with E-state index in [1.54, 1.807) is 7.11 Å². The predicted molar refractivity (Wildman–Crippen MR) is 105 cm³/mol. The molecule has 0 radical (unpaired) electrons. The second kappa shape index (κ2) is 8.83. The second-order valence-electron chi connectivity index (χ2n) is 6.82. The second-order valence-corrected chi connectivity index (χ2v) is 6.82. The minimum Gasteiger partial charge on any atom is -0.497 e. The fraction of sp³-hybridized carbons (Fsp3) is 0.381. The first-order valence-corrected chi connectivity index (χ1v) is 9.06. The number of benzene rings is 2. The van der Waals surface area contributed by atoms with Crippen LogP contribution < -0.4 is 10.1 Å². The van der Waals surface area contributed by atoms with Crippen molar-refractivity contribution in [1.82, 2.24) is 9.80 Å². The van der Waals surface area contributed by atoms with Crippen LogP contribution in [-0.4, -0.2) is 55.5 Å². The lowest BCUT2D eigenvalue weighted by Crippen LogP contribution is -2.48. The quantitative estimate of drug-likeness (QED) is 0.867. The average molecular weight is 353 g/mol. The van der Waals surface area contributed by atoms with Crippen LogP contribution in [0.2, 0.25) is 0 Å². The van der Waals surface area contributed by atoms with Gasteiger partial charge in [0, 0.05) is 44.5 Å². The molecule has 0 bridgehead atoms. The lowest BCUT2D eigenvalue weighted by Gasteiger charge is -2.34. The van der Waals surface area contributed by atoms with E-state index in [9.17, 15) is 4.79 Å². The van der Waals surface area contributed by atoms with Crippen LogP contribution in [-0.2, 0) is 11.3 Å². The normalized spacial score (nSPS) is 15.6. The predicted octanol–water partition coefficient (Wildman–Crippen LogP) is 2.76. The molecule has 0 atom stereocenters. The van der Waals surface area contributed by atoms with Crippen molar-refractivity contribution in [3.8, 4) is 5.75 Å². The highest BCUT2D eigenvalue weighted by Crippen LogP contribution is 2.17. The first kappa shape index (κ1) is 18.4. The zero-order valence-electron chi connectivity index (χ0n) is 15.6. The molecule has 2 aromatic rings. The molecule has 1 fully saturated rings. The third kappa shape index (κ3) is 5.31. The van der Waals surface area contributed by atoms with E-state index in [0.717, 1.165) is 44.2 Å². The van der Waals surface area contributed by atoms with Crippen molar-refractivity contribution in [2.24, 2.45) is 0 Å². The maximum atomic E-state index is 12.3. The Hall–Kier alpha value is -2.37. The molecular formula is C21H27N3O2. The van der Waals surface area contributed by atoms with Gasteiger partial charge in [0.05, 0.1) is 13.7 Å². The monoisotopic (exact) mass is 353 g/mol. The van der Waals surface area contributed by atoms with Gasteiger partial charge in [-0.1, -0.05) is 35.9 Å². The molecular weight excluding hydrogens is 326 g/mol. The summed E-state index contributed by atoms with van der Waals surface area (Å²) in [7, 11) is 1.62. The molecule has 0 saturated carbocycles. The molecule has 5 nitrogen and oxygen atoms in total. The maximum absolute atomic E-state index is 12.3. The van der Waals surface area contributed by atoms with Gasteiger partial charge in [0.2, 0.25) is 5.91 Å². The van der Waals surface area contributed by atoms with Gasteiger partial charge < -0.3 is 10.1 Å². The fourth-order valence-corrected chi connectivity index (χ4v) is 3.28. The Balaban J connectivity index is 1.44. The molecule has 0 unspecified atom stereocenters. The van der Waals surface area contributed by atoms with Gasteiger partial charge >= 0.3 is 0 Å². The molecule has 1 amide bonds. The average Bonchev–Trinajstić information content (AvgIpc) is 2.63. The number of carbonyl (C=O) groups is 1. The van der Waals surface area contributed by atoms with Crippen molar-refractivity contribution in [3.05, 3.63) is 59.7 Å². The Kier molecular flexibility index (Phi) is 6.26. The number of methoxy groups -OCH3 is 1. The van der Waals surface area contributed by atoms with Crippen molar-refractivity contribution >= 4 is 11.6 Å². The number of nitrogens with zero attached hydrogens (tertiary/aromatic N) is 2. The van der Waals surface area contributed by atoms with Crippen molar-refractivity contribution in [2.75, 3.05) is 45.2 Å². The smallest absolute Gasteiger partial charge is 0.238 e. The summed E-state index contributed by atoms with van der Waals surface area (Å²) in [6, 6.07) is 16.1. The number of amides is 1. The molecule has 3 rings (SSSR count). The van der Waals surface area contributed by atoms with Crippen LogP contribution in [0, 0.1) is 6.92 Å². The molecule has 1 heterocycles. The number of hydrogen-bond donors (Lipinski definition) is 1. The van der Waals surface area contributed by atoms with E-state index in [-0.39, 0.29) is 5.91 Å². The van der Waals surface area contributed by atoms with Crippen LogP contribution in [0.3, 0.4) is 0 Å². The van der Waals surface area contributed by atoms with E-state index in [2.05, 4.69) is 46.3 Å². The lowest BCUT2D eigenvalue weighted by molar-refractivity contribution is -0.117. The number of anilines is 1. The number of nitrogens with one attached hydrogen (secondary N) is 1. The lowest BCUT2D eigenvalue weighted by atomic mass is 10.1. The summed E-state index contributed by atoms with van der Waals surface area (Å²) in [6.07, 6.45) is 0. The van der Waals surface area contributed by atoms with Crippen LogP contribution in [0.15, 0.2) is 48.5 Å². The number of ether oxygens (including phenoxy) is 1. The molecule has 5 heteroatoms. The Labute approximate surface area is 155 Å². The number of aryl methyl sites for hydroxylation is 1. The van der Waals surface area contributed by atoms with Crippen LogP contribution >= 0.6 is 0 Å². The summed E-state index contributed by atoms with van der Waals surface area (Å²) in [4.78, 5) is 16.9. The van der Waals surface area contributed by atoms with E-state index in [0.29, 0.717) is 6.54 Å². The standard InChI is InChI=1S/C21H27N3O2/c1-17-5-3-6-18(13-17)15-23-9-11-24(12-10-23)16-21(25)22-19-7-4-8-20(14-19)26-2/h3-8,13-14H,9-12,15-16H2,1-2H3,(H,22,25). The summed E-state index contributed by atoms with van der Waals surface area (Å²) < 4.78 is 5.19. The van der Waals surface area contributed by atoms with Gasteiger partial charge in [-0.15, -0.1) is 0 Å². The summed E-state index contributed by atoms with van der Waals surface area (Å²) in [5, 5.41) is 2.95. The van der Waals surface area contributed by atoms with E-state index >= 15 is 0 Å². The van der Waals surface area contributed by atoms with Gasteiger partial charge in [-0.25, -0.2) is 0 Å². The minimum atomic E-state index is 0.0189. The SMILES string of the molecule is COc1cccc(NC(=O)CN2CCN(Cc3cccc(C)c3)CC2)c1. The Morgan fingerprint density at radius 1 is 1.04 bits per heavy atom. The Bertz CT molecular complexity index is 740. The number of rotatable bonds is 6. The third-order valence-electron chi connectivity index (χ3n) is 4.67. The van der Waals surface area contributed by atoms with E-state index < -0.39 is 0 Å². The zero-order valence-corrected chi connectivity index (χ0v) is 15.6. The molecule has 138 valence electrons. The molecule has 1 aliphatic rings. The van der Waals surface area contributed by atoms with Gasteiger partial charge in [0.25, 0.3) is 0 Å². The highest BCUT2D eigenvalue weighted by molar-refractivity contribution is 5.92. The summed E-state index contributed by atoms with van der Waals surface area (Å²) in [6.45, 7) is 7.33. The minimum absolute atomic E-state index is 0.0189. The van der Waals surface area contributed by atoms with Crippen LogP contribution in [0.25, 0.3) is 0 Å². The first-order chi connectivity index (χ1) is 12.6. The van der Waals surface area contributed by atoms with Crippen LogP contribution in [0.5, 0.6) is 5.75 Å². The summed E-state index contributed by atoms with van der Waals surface area (Å²) in [5.41, 5.74) is 3.43. The largest absolute Gasteiger partial charge is 0.497 e. The van der Waals surface area contributed by atoms with Gasteiger partial charge in [-0.3, -0.25) is 14.6 Å². The number of piperazine rings is 1. The molecule has 1 N–H and O–H groups in total. The van der Waals surface area contributed by atoms with Crippen molar-refractivity contribution in [2.45, 2.75) is 13.5 Å². The van der Waals surface area contributed by atoms with Crippen molar-refractivity contribution in [3.63, 3.8) is 0 Å². The summed E-state index contributed by atoms with van der Waals surface area (Å²) >= 11 is 0. The van der Waals surface area contributed by atoms with E-state index in [1.165, 1.54) is 11.1 Å². The van der Waals surface area contributed by atoms with Gasteiger partial charge in [0.1, 0.15) is 5.75 Å². The molecule has 0 aromatic heterocycles. The first-order valence-electron chi connectivity index (χ1n) is 9.06. The van der Waals surface area contributed by atoms with Gasteiger partial charge in [0.15, 0.2) is 0 Å². The Morgan fingerprint density at radius 3 is 2.50 bits per heavy atom. The van der Waals surface area contributed by atoms with E-state index in [1.807, 2.05) is 24.3 Å². The highest BCUT2D eigenvalue weighted by atomic mass is 16.5. The van der Waals surface area contributed by atoms with Crippen LogP contribution in [0.1, 0.15) is 11.1 Å². The third-order valence-corrected chi connectivity index (χ3v) is 4.67. The molecule has 26 heavy (non-hydrogen) atoms. The zero-order chi connectivity index (χ0) is 18.4. The van der Waals surface area contributed by atoms with Gasteiger partial charge in [-0.2, -0.15) is 0 Å². The number of carbonyl (C=O) groups excluding carboxylic acids is 1. The molecule has 0 spiro atoms. The molecule has 0 aliphatic carbocycles. The molecule has 1 saturated heterocycles. The fourth-order valence-electron chi connectivity index (χ4n) is 3.28. The summed E-state index contributed by atoms with van der Waals surface area (Å²) in [5.74, 6) is 0.762.